The van der Waals surface area contributed by atoms with E-state index in [-0.39, 0.29) is 17.4 Å². The molecule has 0 radical (unpaired) electrons. The van der Waals surface area contributed by atoms with Gasteiger partial charge in [0.1, 0.15) is 22.7 Å². The van der Waals surface area contributed by atoms with E-state index < -0.39 is 11.9 Å². The SMILES string of the molecule is Cc1nn(CC(C)C)c(Cl)c1C1CCCN1c1nc(C(F)(F)F)ccc1C#N. The lowest BCUT2D eigenvalue weighted by Crippen LogP contribution is -2.26. The second kappa shape index (κ2) is 7.63. The predicted octanol–water partition coefficient (Wildman–Crippen LogP) is 5.13. The van der Waals surface area contributed by atoms with Crippen LogP contribution < -0.4 is 4.90 Å². The van der Waals surface area contributed by atoms with E-state index >= 15 is 0 Å². The van der Waals surface area contributed by atoms with Crippen LogP contribution in [0, 0.1) is 24.2 Å². The maximum absolute atomic E-state index is 13.2. The molecule has 1 unspecified atom stereocenters. The van der Waals surface area contributed by atoms with Gasteiger partial charge in [0.15, 0.2) is 0 Å². The summed E-state index contributed by atoms with van der Waals surface area (Å²) in [5, 5.41) is 14.4. The fraction of sp³-hybridized carbons (Fsp3) is 0.526. The summed E-state index contributed by atoms with van der Waals surface area (Å²) >= 11 is 6.59. The Morgan fingerprint density at radius 2 is 2.07 bits per heavy atom. The van der Waals surface area contributed by atoms with Crippen molar-refractivity contribution in [2.45, 2.75) is 52.4 Å². The minimum atomic E-state index is -4.58. The van der Waals surface area contributed by atoms with E-state index in [0.717, 1.165) is 23.7 Å². The third-order valence-corrected chi connectivity index (χ3v) is 5.19. The largest absolute Gasteiger partial charge is 0.433 e. The minimum absolute atomic E-state index is 0.0481. The van der Waals surface area contributed by atoms with E-state index in [2.05, 4.69) is 23.9 Å². The van der Waals surface area contributed by atoms with Gasteiger partial charge in [0.2, 0.25) is 0 Å². The van der Waals surface area contributed by atoms with Gasteiger partial charge in [-0.25, -0.2) is 4.98 Å². The van der Waals surface area contributed by atoms with Crippen molar-refractivity contribution in [3.63, 3.8) is 0 Å². The van der Waals surface area contributed by atoms with Crippen LogP contribution in [0.2, 0.25) is 5.15 Å². The van der Waals surface area contributed by atoms with Crippen molar-refractivity contribution in [1.82, 2.24) is 14.8 Å². The quantitative estimate of drug-likeness (QED) is 0.700. The number of hydrogen-bond donors (Lipinski definition) is 0. The molecule has 28 heavy (non-hydrogen) atoms. The fourth-order valence-corrected chi connectivity index (χ4v) is 4.01. The lowest BCUT2D eigenvalue weighted by molar-refractivity contribution is -0.141. The molecule has 0 amide bonds. The number of nitrogens with zero attached hydrogens (tertiary/aromatic N) is 5. The highest BCUT2D eigenvalue weighted by Gasteiger charge is 2.37. The molecule has 1 aliphatic rings. The van der Waals surface area contributed by atoms with Crippen molar-refractivity contribution in [3.8, 4) is 6.07 Å². The first-order valence-corrected chi connectivity index (χ1v) is 9.49. The predicted molar refractivity (Wildman–Crippen MR) is 100 cm³/mol. The van der Waals surface area contributed by atoms with Gasteiger partial charge >= 0.3 is 6.18 Å². The fourth-order valence-electron chi connectivity index (χ4n) is 3.65. The lowest BCUT2D eigenvalue weighted by atomic mass is 10.1. The highest BCUT2D eigenvalue weighted by Crippen LogP contribution is 2.42. The van der Waals surface area contributed by atoms with Crippen molar-refractivity contribution >= 4 is 17.4 Å². The zero-order valence-electron chi connectivity index (χ0n) is 15.9. The van der Waals surface area contributed by atoms with Crippen LogP contribution in [0.15, 0.2) is 12.1 Å². The Balaban J connectivity index is 2.06. The van der Waals surface area contributed by atoms with Gasteiger partial charge in [0.05, 0.1) is 17.3 Å². The Morgan fingerprint density at radius 1 is 1.36 bits per heavy atom. The van der Waals surface area contributed by atoms with Crippen LogP contribution in [-0.4, -0.2) is 21.3 Å². The molecule has 0 bridgehead atoms. The molecule has 5 nitrogen and oxygen atoms in total. The van der Waals surface area contributed by atoms with Crippen LogP contribution in [0.3, 0.4) is 0 Å². The van der Waals surface area contributed by atoms with E-state index in [4.69, 9.17) is 11.6 Å². The number of rotatable bonds is 4. The molecular formula is C19H21ClF3N5. The van der Waals surface area contributed by atoms with Gasteiger partial charge in [-0.2, -0.15) is 23.5 Å². The van der Waals surface area contributed by atoms with Crippen molar-refractivity contribution in [2.24, 2.45) is 5.92 Å². The van der Waals surface area contributed by atoms with Crippen molar-refractivity contribution in [1.29, 1.82) is 5.26 Å². The molecule has 9 heteroatoms. The van der Waals surface area contributed by atoms with Gasteiger partial charge in [0, 0.05) is 18.7 Å². The normalized spacial score (nSPS) is 17.4. The zero-order chi connectivity index (χ0) is 20.6. The first-order chi connectivity index (χ1) is 13.1. The van der Waals surface area contributed by atoms with Crippen LogP contribution in [0.1, 0.15) is 55.2 Å². The Kier molecular flexibility index (Phi) is 5.57. The van der Waals surface area contributed by atoms with E-state index in [1.807, 2.05) is 13.0 Å². The van der Waals surface area contributed by atoms with Crippen LogP contribution in [0.4, 0.5) is 19.0 Å². The molecule has 1 saturated heterocycles. The number of hydrogen-bond acceptors (Lipinski definition) is 4. The Hall–Kier alpha value is -2.27. The van der Waals surface area contributed by atoms with E-state index in [9.17, 15) is 18.4 Å². The van der Waals surface area contributed by atoms with Gasteiger partial charge in [-0.05, 0) is 37.8 Å². The maximum atomic E-state index is 13.2. The topological polar surface area (TPSA) is 57.7 Å². The summed E-state index contributed by atoms with van der Waals surface area (Å²) in [6.45, 7) is 7.11. The summed E-state index contributed by atoms with van der Waals surface area (Å²) in [6, 6.07) is 3.71. The summed E-state index contributed by atoms with van der Waals surface area (Å²) in [7, 11) is 0. The van der Waals surface area contributed by atoms with Gasteiger partial charge in [-0.3, -0.25) is 4.68 Å². The average molecular weight is 412 g/mol. The first-order valence-electron chi connectivity index (χ1n) is 9.11. The lowest BCUT2D eigenvalue weighted by Gasteiger charge is -2.27. The molecule has 0 saturated carbocycles. The zero-order valence-corrected chi connectivity index (χ0v) is 16.6. The molecule has 2 aromatic rings. The molecule has 1 atom stereocenters. The molecule has 150 valence electrons. The van der Waals surface area contributed by atoms with E-state index in [1.165, 1.54) is 6.07 Å². The number of alkyl halides is 3. The molecule has 2 aromatic heterocycles. The number of pyridine rings is 1. The van der Waals surface area contributed by atoms with Crippen molar-refractivity contribution < 1.29 is 13.2 Å². The number of nitriles is 1. The van der Waals surface area contributed by atoms with Crippen LogP contribution in [0.25, 0.3) is 0 Å². The van der Waals surface area contributed by atoms with Crippen LogP contribution in [-0.2, 0) is 12.7 Å². The molecule has 1 aliphatic heterocycles. The van der Waals surface area contributed by atoms with Crippen molar-refractivity contribution in [2.75, 3.05) is 11.4 Å². The van der Waals surface area contributed by atoms with E-state index in [0.29, 0.717) is 30.6 Å². The first kappa shape index (κ1) is 20.5. The molecular weight excluding hydrogens is 391 g/mol. The number of halogens is 4. The summed E-state index contributed by atoms with van der Waals surface area (Å²) in [5.74, 6) is 0.395. The van der Waals surface area contributed by atoms with Gasteiger partial charge in [0.25, 0.3) is 0 Å². The third-order valence-electron chi connectivity index (χ3n) is 4.79. The van der Waals surface area contributed by atoms with Crippen LogP contribution in [0.5, 0.6) is 0 Å². The van der Waals surface area contributed by atoms with Crippen LogP contribution >= 0.6 is 11.6 Å². The molecule has 3 rings (SSSR count). The highest BCUT2D eigenvalue weighted by molar-refractivity contribution is 6.30. The Morgan fingerprint density at radius 3 is 2.68 bits per heavy atom. The van der Waals surface area contributed by atoms with Gasteiger partial charge in [-0.15, -0.1) is 0 Å². The van der Waals surface area contributed by atoms with Gasteiger partial charge < -0.3 is 4.90 Å². The van der Waals surface area contributed by atoms with E-state index in [1.54, 1.807) is 9.58 Å². The molecule has 0 spiro atoms. The molecule has 3 heterocycles. The monoisotopic (exact) mass is 411 g/mol. The van der Waals surface area contributed by atoms with Gasteiger partial charge in [-0.1, -0.05) is 25.4 Å². The highest BCUT2D eigenvalue weighted by atomic mass is 35.5. The average Bonchev–Trinajstić information content (AvgIpc) is 3.17. The Bertz CT molecular complexity index is 914. The number of aryl methyl sites for hydroxylation is 1. The standard InChI is InChI=1S/C19H21ClF3N5/c1-11(2)10-28-17(20)16(12(3)26-28)14-5-4-8-27(14)18-13(9-24)6-7-15(25-18)19(21,22)23/h6-7,11,14H,4-5,8,10H2,1-3H3. The summed E-state index contributed by atoms with van der Waals surface area (Å²) < 4.78 is 41.2. The second-order valence-corrected chi connectivity index (χ2v) is 7.75. The minimum Gasteiger partial charge on any atom is -0.348 e. The molecule has 0 N–H and O–H groups in total. The summed E-state index contributed by atoms with van der Waals surface area (Å²) in [5.41, 5.74) is 0.643. The Labute approximate surface area is 166 Å². The molecule has 1 fully saturated rings. The smallest absolute Gasteiger partial charge is 0.348 e. The summed E-state index contributed by atoms with van der Waals surface area (Å²) in [4.78, 5) is 5.55. The number of aromatic nitrogens is 3. The second-order valence-electron chi connectivity index (χ2n) is 7.39. The van der Waals surface area contributed by atoms with Crippen molar-refractivity contribution in [3.05, 3.63) is 39.8 Å². The number of anilines is 1. The molecule has 0 aliphatic carbocycles. The third kappa shape index (κ3) is 3.81. The summed E-state index contributed by atoms with van der Waals surface area (Å²) in [6.07, 6.45) is -3.11. The molecule has 0 aromatic carbocycles. The maximum Gasteiger partial charge on any atom is 0.433 e.